The highest BCUT2D eigenvalue weighted by Gasteiger charge is 2.49. The second-order valence-electron chi connectivity index (χ2n) is 7.48. The molecule has 1 aliphatic carbocycles. The molecule has 1 aromatic rings. The van der Waals surface area contributed by atoms with Crippen molar-refractivity contribution in [3.05, 3.63) is 35.9 Å². The maximum absolute atomic E-state index is 12.5. The fourth-order valence-corrected chi connectivity index (χ4v) is 4.42. The number of hydrogen-bond acceptors (Lipinski definition) is 2. The highest BCUT2D eigenvalue weighted by Crippen LogP contribution is 2.51. The van der Waals surface area contributed by atoms with Crippen LogP contribution >= 0.6 is 0 Å². The van der Waals surface area contributed by atoms with Crippen LogP contribution in [0.5, 0.6) is 0 Å². The molecule has 3 nitrogen and oxygen atoms in total. The molecule has 1 amide bonds. The van der Waals surface area contributed by atoms with Crippen molar-refractivity contribution in [3.63, 3.8) is 0 Å². The number of rotatable bonds is 5. The first-order chi connectivity index (χ1) is 10.4. The van der Waals surface area contributed by atoms with Crippen molar-refractivity contribution in [2.75, 3.05) is 0 Å². The summed E-state index contributed by atoms with van der Waals surface area (Å²) < 4.78 is 0. The third kappa shape index (κ3) is 3.35. The molecule has 22 heavy (non-hydrogen) atoms. The summed E-state index contributed by atoms with van der Waals surface area (Å²) in [5.41, 5.74) is 13.0. The van der Waals surface area contributed by atoms with Gasteiger partial charge in [-0.3, -0.25) is 4.79 Å². The Morgan fingerprint density at radius 1 is 1.27 bits per heavy atom. The first kappa shape index (κ1) is 17.0. The number of primary amides is 1. The van der Waals surface area contributed by atoms with Crippen LogP contribution in [0.4, 0.5) is 0 Å². The normalized spacial score (nSPS) is 30.2. The van der Waals surface area contributed by atoms with Gasteiger partial charge in [0.15, 0.2) is 0 Å². The largest absolute Gasteiger partial charge is 0.369 e. The Morgan fingerprint density at radius 3 is 2.45 bits per heavy atom. The molecular weight excluding hydrogens is 272 g/mol. The van der Waals surface area contributed by atoms with E-state index in [0.29, 0.717) is 24.2 Å². The van der Waals surface area contributed by atoms with Gasteiger partial charge >= 0.3 is 0 Å². The molecule has 0 aliphatic heterocycles. The lowest BCUT2D eigenvalue weighted by atomic mass is 9.57. The van der Waals surface area contributed by atoms with E-state index in [-0.39, 0.29) is 11.9 Å². The molecule has 0 radical (unpaired) electrons. The van der Waals surface area contributed by atoms with Crippen molar-refractivity contribution in [3.8, 4) is 0 Å². The van der Waals surface area contributed by atoms with E-state index in [4.69, 9.17) is 11.5 Å². The van der Waals surface area contributed by atoms with Gasteiger partial charge in [-0.05, 0) is 42.6 Å². The van der Waals surface area contributed by atoms with Crippen LogP contribution in [0.2, 0.25) is 0 Å². The maximum atomic E-state index is 12.5. The Labute approximate surface area is 134 Å². The molecule has 1 aliphatic rings. The minimum absolute atomic E-state index is 0.139. The van der Waals surface area contributed by atoms with Crippen LogP contribution in [0, 0.1) is 23.2 Å². The van der Waals surface area contributed by atoms with E-state index in [1.165, 1.54) is 6.42 Å². The Bertz CT molecular complexity index is 499. The molecule has 0 spiro atoms. The van der Waals surface area contributed by atoms with Crippen LogP contribution in [-0.4, -0.2) is 5.91 Å². The molecule has 0 aromatic heterocycles. The van der Waals surface area contributed by atoms with Gasteiger partial charge in [0.2, 0.25) is 5.91 Å². The third-order valence-corrected chi connectivity index (χ3v) is 5.50. The van der Waals surface area contributed by atoms with Crippen molar-refractivity contribution in [1.82, 2.24) is 0 Å². The van der Waals surface area contributed by atoms with Gasteiger partial charge in [0.05, 0.1) is 5.41 Å². The lowest BCUT2D eigenvalue weighted by Gasteiger charge is -2.47. The SMILES string of the molecule is CC1CCC(C(C)C)[C@](CC(N)c2ccccc2)(C(N)=O)C1. The molecule has 3 unspecified atom stereocenters. The van der Waals surface area contributed by atoms with Crippen LogP contribution in [0.3, 0.4) is 0 Å². The molecular formula is C19H30N2O. The number of amides is 1. The quantitative estimate of drug-likeness (QED) is 0.872. The topological polar surface area (TPSA) is 69.1 Å². The summed E-state index contributed by atoms with van der Waals surface area (Å²) in [6.07, 6.45) is 3.77. The number of benzene rings is 1. The predicted molar refractivity (Wildman–Crippen MR) is 91.0 cm³/mol. The molecule has 1 saturated carbocycles. The smallest absolute Gasteiger partial charge is 0.224 e. The average molecular weight is 302 g/mol. The van der Waals surface area contributed by atoms with Crippen LogP contribution in [-0.2, 0) is 4.79 Å². The van der Waals surface area contributed by atoms with Crippen molar-refractivity contribution in [2.45, 2.75) is 52.5 Å². The predicted octanol–water partition coefficient (Wildman–Crippen LogP) is 3.64. The molecule has 0 saturated heterocycles. The van der Waals surface area contributed by atoms with Crippen LogP contribution in [0.25, 0.3) is 0 Å². The molecule has 4 atom stereocenters. The van der Waals surface area contributed by atoms with Gasteiger partial charge in [-0.1, -0.05) is 57.5 Å². The zero-order valence-electron chi connectivity index (χ0n) is 14.1. The number of hydrogen-bond donors (Lipinski definition) is 2. The summed E-state index contributed by atoms with van der Waals surface area (Å²) in [5.74, 6) is 1.15. The zero-order chi connectivity index (χ0) is 16.3. The fourth-order valence-electron chi connectivity index (χ4n) is 4.42. The van der Waals surface area contributed by atoms with Gasteiger partial charge in [0.25, 0.3) is 0 Å². The molecule has 4 N–H and O–H groups in total. The van der Waals surface area contributed by atoms with E-state index in [2.05, 4.69) is 20.8 Å². The molecule has 1 fully saturated rings. The fraction of sp³-hybridized carbons (Fsp3) is 0.632. The molecule has 122 valence electrons. The van der Waals surface area contributed by atoms with E-state index in [1.54, 1.807) is 0 Å². The van der Waals surface area contributed by atoms with Gasteiger partial charge in [0.1, 0.15) is 0 Å². The molecule has 0 heterocycles. The standard InChI is InChI=1S/C19H30N2O/c1-13(2)16-10-9-14(3)11-19(16,18(21)22)12-17(20)15-7-5-4-6-8-15/h4-8,13-14,16-17H,9-12,20H2,1-3H3,(H2,21,22)/t14?,16?,17?,19-/m0/s1. The number of carbonyl (C=O) groups is 1. The molecule has 1 aromatic carbocycles. The summed E-state index contributed by atoms with van der Waals surface area (Å²) in [6, 6.07) is 9.91. The highest BCUT2D eigenvalue weighted by molar-refractivity contribution is 5.81. The summed E-state index contributed by atoms with van der Waals surface area (Å²) in [7, 11) is 0. The average Bonchev–Trinajstić information content (AvgIpc) is 2.47. The first-order valence-electron chi connectivity index (χ1n) is 8.47. The van der Waals surface area contributed by atoms with Crippen LogP contribution in [0.1, 0.15) is 58.1 Å². The molecule has 0 bridgehead atoms. The Balaban J connectivity index is 2.31. The maximum Gasteiger partial charge on any atom is 0.224 e. The Kier molecular flexibility index (Phi) is 5.28. The van der Waals surface area contributed by atoms with Gasteiger partial charge in [-0.2, -0.15) is 0 Å². The monoisotopic (exact) mass is 302 g/mol. The second kappa shape index (κ2) is 6.82. The van der Waals surface area contributed by atoms with E-state index in [9.17, 15) is 4.79 Å². The van der Waals surface area contributed by atoms with Crippen LogP contribution in [0.15, 0.2) is 30.3 Å². The summed E-state index contributed by atoms with van der Waals surface area (Å²) in [6.45, 7) is 6.63. The van der Waals surface area contributed by atoms with Crippen molar-refractivity contribution in [1.29, 1.82) is 0 Å². The van der Waals surface area contributed by atoms with Gasteiger partial charge in [0, 0.05) is 6.04 Å². The zero-order valence-corrected chi connectivity index (χ0v) is 14.1. The Hall–Kier alpha value is -1.35. The Morgan fingerprint density at radius 2 is 1.91 bits per heavy atom. The summed E-state index contributed by atoms with van der Waals surface area (Å²) >= 11 is 0. The first-order valence-corrected chi connectivity index (χ1v) is 8.47. The van der Waals surface area contributed by atoms with Gasteiger partial charge in [-0.25, -0.2) is 0 Å². The summed E-state index contributed by atoms with van der Waals surface area (Å²) in [4.78, 5) is 12.5. The van der Waals surface area contributed by atoms with E-state index >= 15 is 0 Å². The third-order valence-electron chi connectivity index (χ3n) is 5.50. The lowest BCUT2D eigenvalue weighted by molar-refractivity contribution is -0.137. The lowest BCUT2D eigenvalue weighted by Crippen LogP contribution is -2.50. The van der Waals surface area contributed by atoms with E-state index in [1.807, 2.05) is 30.3 Å². The van der Waals surface area contributed by atoms with E-state index in [0.717, 1.165) is 18.4 Å². The number of carbonyl (C=O) groups excluding carboxylic acids is 1. The van der Waals surface area contributed by atoms with Gasteiger partial charge < -0.3 is 11.5 Å². The minimum atomic E-state index is -0.471. The second-order valence-corrected chi connectivity index (χ2v) is 7.48. The highest BCUT2D eigenvalue weighted by atomic mass is 16.1. The van der Waals surface area contributed by atoms with Crippen molar-refractivity contribution < 1.29 is 4.79 Å². The minimum Gasteiger partial charge on any atom is -0.369 e. The van der Waals surface area contributed by atoms with E-state index < -0.39 is 5.41 Å². The summed E-state index contributed by atoms with van der Waals surface area (Å²) in [5, 5.41) is 0. The van der Waals surface area contributed by atoms with Crippen molar-refractivity contribution >= 4 is 5.91 Å². The number of nitrogens with two attached hydrogens (primary N) is 2. The van der Waals surface area contributed by atoms with Crippen molar-refractivity contribution in [2.24, 2.45) is 34.6 Å². The molecule has 2 rings (SSSR count). The van der Waals surface area contributed by atoms with Gasteiger partial charge in [-0.15, -0.1) is 0 Å². The molecule has 3 heteroatoms. The van der Waals surface area contributed by atoms with Crippen LogP contribution < -0.4 is 11.5 Å².